The van der Waals surface area contributed by atoms with Gasteiger partial charge in [0.2, 0.25) is 5.91 Å². The van der Waals surface area contributed by atoms with Gasteiger partial charge < -0.3 is 30.1 Å². The highest BCUT2D eigenvalue weighted by Crippen LogP contribution is 2.56. The third-order valence-electron chi connectivity index (χ3n) is 6.12. The summed E-state index contributed by atoms with van der Waals surface area (Å²) in [6.07, 6.45) is 2.62. The van der Waals surface area contributed by atoms with E-state index in [1.165, 1.54) is 31.2 Å². The third kappa shape index (κ3) is 5.20. The Balaban J connectivity index is 0.000000229. The van der Waals surface area contributed by atoms with Crippen molar-refractivity contribution in [2.24, 2.45) is 0 Å². The van der Waals surface area contributed by atoms with Gasteiger partial charge in [-0.05, 0) is 43.2 Å². The second kappa shape index (κ2) is 10.6. The summed E-state index contributed by atoms with van der Waals surface area (Å²) in [6, 6.07) is 16.6. The fraction of sp³-hybridized carbons (Fsp3) is 0.250. The summed E-state index contributed by atoms with van der Waals surface area (Å²) >= 11 is 0. The van der Waals surface area contributed by atoms with Crippen LogP contribution in [0.5, 0.6) is 23.0 Å². The number of carboxylic acid groups (broad SMARTS) is 1. The van der Waals surface area contributed by atoms with Crippen LogP contribution in [0.1, 0.15) is 59.7 Å². The summed E-state index contributed by atoms with van der Waals surface area (Å²) in [5, 5.41) is 30.6. The molecular weight excluding hydrogens is 478 g/mol. The van der Waals surface area contributed by atoms with Gasteiger partial charge in [0.1, 0.15) is 23.0 Å². The second-order valence-corrected chi connectivity index (χ2v) is 8.77. The van der Waals surface area contributed by atoms with Crippen molar-refractivity contribution >= 4 is 17.8 Å². The molecule has 2 aliphatic heterocycles. The van der Waals surface area contributed by atoms with E-state index < -0.39 is 17.5 Å². The van der Waals surface area contributed by atoms with Crippen molar-refractivity contribution in [1.82, 2.24) is 5.32 Å². The molecule has 0 fully saturated rings. The summed E-state index contributed by atoms with van der Waals surface area (Å²) in [7, 11) is 0. The molecule has 2 heterocycles. The van der Waals surface area contributed by atoms with Crippen molar-refractivity contribution in [2.75, 3.05) is 6.54 Å². The van der Waals surface area contributed by atoms with Crippen molar-refractivity contribution in [3.8, 4) is 23.0 Å². The minimum absolute atomic E-state index is 0.0340. The number of benzene rings is 3. The standard InChI is InChI=1S/C20H12O5.C8H15NO3/c21-11-5-7-15-17(9-11)24-18-10-12(22)6-8-16(18)20(15)14-4-2-1-3-13(14)19(23)25-20;1-7(10)9-6-4-2-3-5-8(11)12/h1-10,21-22H;2-6H2,1H3,(H,9,10)(H,11,12). The van der Waals surface area contributed by atoms with Gasteiger partial charge in [0.15, 0.2) is 5.60 Å². The molecule has 0 unspecified atom stereocenters. The summed E-state index contributed by atoms with van der Waals surface area (Å²) in [5.41, 5.74) is 1.28. The van der Waals surface area contributed by atoms with E-state index in [2.05, 4.69) is 5.32 Å². The van der Waals surface area contributed by atoms with Crippen molar-refractivity contribution in [2.45, 2.75) is 38.2 Å². The lowest BCUT2D eigenvalue weighted by Gasteiger charge is -2.36. The zero-order valence-electron chi connectivity index (χ0n) is 20.2. The van der Waals surface area contributed by atoms with Crippen molar-refractivity contribution in [1.29, 1.82) is 0 Å². The van der Waals surface area contributed by atoms with E-state index in [9.17, 15) is 24.6 Å². The van der Waals surface area contributed by atoms with Crippen LogP contribution in [0.4, 0.5) is 0 Å². The Bertz CT molecular complexity index is 1280. The molecule has 1 amide bonds. The lowest BCUT2D eigenvalue weighted by atomic mass is 9.77. The highest BCUT2D eigenvalue weighted by molar-refractivity contribution is 5.97. The van der Waals surface area contributed by atoms with Crippen molar-refractivity contribution < 1.29 is 39.2 Å². The first-order valence-electron chi connectivity index (χ1n) is 11.9. The molecule has 0 aliphatic carbocycles. The highest BCUT2D eigenvalue weighted by atomic mass is 16.6. The maximum atomic E-state index is 12.5. The molecule has 4 N–H and O–H groups in total. The number of phenols is 2. The number of carboxylic acids is 1. The minimum Gasteiger partial charge on any atom is -0.508 e. The van der Waals surface area contributed by atoms with E-state index >= 15 is 0 Å². The maximum Gasteiger partial charge on any atom is 0.340 e. The monoisotopic (exact) mass is 505 g/mol. The molecule has 2 aliphatic rings. The summed E-state index contributed by atoms with van der Waals surface area (Å²) in [5.74, 6) is -0.381. The Kier molecular flexibility index (Phi) is 7.33. The van der Waals surface area contributed by atoms with E-state index in [-0.39, 0.29) is 23.8 Å². The van der Waals surface area contributed by atoms with Crippen LogP contribution in [0, 0.1) is 0 Å². The van der Waals surface area contributed by atoms with Gasteiger partial charge in [-0.1, -0.05) is 24.6 Å². The van der Waals surface area contributed by atoms with Crippen LogP contribution in [-0.2, 0) is 19.9 Å². The highest BCUT2D eigenvalue weighted by Gasteiger charge is 2.53. The second-order valence-electron chi connectivity index (χ2n) is 8.77. The molecule has 9 nitrogen and oxygen atoms in total. The molecule has 0 atom stereocenters. The number of phenolic OH excluding ortho intramolecular Hbond substituents is 2. The van der Waals surface area contributed by atoms with Crippen LogP contribution in [-0.4, -0.2) is 39.7 Å². The number of hydrogen-bond donors (Lipinski definition) is 4. The van der Waals surface area contributed by atoms with Crippen LogP contribution in [0.25, 0.3) is 0 Å². The zero-order valence-corrected chi connectivity index (χ0v) is 20.2. The van der Waals surface area contributed by atoms with E-state index in [0.717, 1.165) is 12.8 Å². The number of esters is 1. The van der Waals surface area contributed by atoms with Crippen LogP contribution < -0.4 is 10.1 Å². The van der Waals surface area contributed by atoms with Crippen molar-refractivity contribution in [3.05, 3.63) is 82.9 Å². The number of hydrogen-bond acceptors (Lipinski definition) is 7. The van der Waals surface area contributed by atoms with Crippen LogP contribution in [0.2, 0.25) is 0 Å². The molecule has 192 valence electrons. The smallest absolute Gasteiger partial charge is 0.340 e. The Hall–Kier alpha value is -4.53. The van der Waals surface area contributed by atoms with E-state index in [1.807, 2.05) is 12.1 Å². The van der Waals surface area contributed by atoms with Gasteiger partial charge in [0.25, 0.3) is 0 Å². The molecular formula is C28H27NO8. The number of ether oxygens (including phenoxy) is 2. The minimum atomic E-state index is -1.17. The Morgan fingerprint density at radius 2 is 1.49 bits per heavy atom. The normalized spacial score (nSPS) is 13.7. The number of fused-ring (bicyclic) bond motifs is 6. The first-order valence-corrected chi connectivity index (χ1v) is 11.9. The average molecular weight is 506 g/mol. The van der Waals surface area contributed by atoms with Gasteiger partial charge in [-0.25, -0.2) is 4.79 Å². The molecule has 5 rings (SSSR count). The Labute approximate surface area is 213 Å². The molecule has 1 spiro atoms. The number of aliphatic carboxylic acids is 1. The number of carbonyl (C=O) groups excluding carboxylic acids is 2. The molecule has 0 saturated carbocycles. The molecule has 0 aromatic heterocycles. The van der Waals surface area contributed by atoms with Gasteiger partial charge in [-0.3, -0.25) is 9.59 Å². The molecule has 3 aromatic carbocycles. The van der Waals surface area contributed by atoms with Crippen molar-refractivity contribution in [3.63, 3.8) is 0 Å². The van der Waals surface area contributed by atoms with Crippen LogP contribution in [0.15, 0.2) is 60.7 Å². The summed E-state index contributed by atoms with van der Waals surface area (Å²) < 4.78 is 11.8. The van der Waals surface area contributed by atoms with Crippen LogP contribution in [0.3, 0.4) is 0 Å². The molecule has 9 heteroatoms. The molecule has 0 bridgehead atoms. The molecule has 0 radical (unpaired) electrons. The number of aromatic hydroxyl groups is 2. The fourth-order valence-electron chi connectivity index (χ4n) is 4.50. The molecule has 37 heavy (non-hydrogen) atoms. The first kappa shape index (κ1) is 25.6. The zero-order chi connectivity index (χ0) is 26.6. The lowest BCUT2D eigenvalue weighted by molar-refractivity contribution is -0.137. The van der Waals surface area contributed by atoms with Gasteiger partial charge in [0.05, 0.1) is 5.56 Å². The summed E-state index contributed by atoms with van der Waals surface area (Å²) in [6.45, 7) is 2.12. The largest absolute Gasteiger partial charge is 0.508 e. The number of unbranched alkanes of at least 4 members (excludes halogenated alkanes) is 2. The van der Waals surface area contributed by atoms with E-state index in [1.54, 1.807) is 24.3 Å². The Morgan fingerprint density at radius 1 is 0.865 bits per heavy atom. The van der Waals surface area contributed by atoms with Gasteiger partial charge in [0, 0.05) is 48.7 Å². The van der Waals surface area contributed by atoms with E-state index in [0.29, 0.717) is 46.7 Å². The topological polar surface area (TPSA) is 142 Å². The summed E-state index contributed by atoms with van der Waals surface area (Å²) in [4.78, 5) is 33.0. The van der Waals surface area contributed by atoms with Gasteiger partial charge in [-0.15, -0.1) is 0 Å². The quantitative estimate of drug-likeness (QED) is 0.285. The number of nitrogens with one attached hydrogen (secondary N) is 1. The first-order chi connectivity index (χ1) is 17.7. The Morgan fingerprint density at radius 3 is 2.08 bits per heavy atom. The fourth-order valence-corrected chi connectivity index (χ4v) is 4.50. The average Bonchev–Trinajstić information content (AvgIpc) is 3.14. The predicted molar refractivity (Wildman–Crippen MR) is 133 cm³/mol. The molecule has 0 saturated heterocycles. The van der Waals surface area contributed by atoms with E-state index in [4.69, 9.17) is 14.6 Å². The van der Waals surface area contributed by atoms with Crippen LogP contribution >= 0.6 is 0 Å². The third-order valence-corrected chi connectivity index (χ3v) is 6.12. The SMILES string of the molecule is CC(=O)NCCCCCC(=O)O.O=C1OC2(c3ccc(O)cc3Oc3cc(O)ccc32)c2ccccc21. The predicted octanol–water partition coefficient (Wildman–Crippen LogP) is 4.43. The number of carbonyl (C=O) groups is 3. The van der Waals surface area contributed by atoms with Gasteiger partial charge >= 0.3 is 11.9 Å². The van der Waals surface area contributed by atoms with Gasteiger partial charge in [-0.2, -0.15) is 0 Å². The maximum absolute atomic E-state index is 12.5. The number of amides is 1. The number of rotatable bonds is 6. The molecule has 3 aromatic rings. The lowest BCUT2D eigenvalue weighted by Crippen LogP contribution is -2.32.